The van der Waals surface area contributed by atoms with Gasteiger partial charge in [-0.2, -0.15) is 0 Å². The van der Waals surface area contributed by atoms with Crippen LogP contribution < -0.4 is 15.4 Å². The van der Waals surface area contributed by atoms with E-state index in [2.05, 4.69) is 27.5 Å². The van der Waals surface area contributed by atoms with Crippen molar-refractivity contribution in [3.63, 3.8) is 0 Å². The first kappa shape index (κ1) is 23.9. The molecule has 1 heterocycles. The first-order valence-corrected chi connectivity index (χ1v) is 9.95. The second kappa shape index (κ2) is 14.9. The summed E-state index contributed by atoms with van der Waals surface area (Å²) in [4.78, 5) is 8.57. The number of guanidine groups is 1. The fourth-order valence-electron chi connectivity index (χ4n) is 2.97. The van der Waals surface area contributed by atoms with Crippen molar-refractivity contribution >= 4 is 29.9 Å². The number of hydrogen-bond acceptors (Lipinski definition) is 4. The summed E-state index contributed by atoms with van der Waals surface area (Å²) in [5, 5.41) is 6.64. The lowest BCUT2D eigenvalue weighted by atomic mass is 9.98. The van der Waals surface area contributed by atoms with Gasteiger partial charge in [0, 0.05) is 39.0 Å². The molecule has 2 N–H and O–H groups in total. The Morgan fingerprint density at radius 2 is 2.00 bits per heavy atom. The molecule has 0 aromatic carbocycles. The summed E-state index contributed by atoms with van der Waals surface area (Å²) in [5.41, 5.74) is 1.09. The first-order chi connectivity index (χ1) is 12.8. The molecule has 0 unspecified atom stereocenters. The number of ether oxygens (including phenoxy) is 2. The molecule has 1 aromatic heterocycles. The van der Waals surface area contributed by atoms with Gasteiger partial charge in [-0.3, -0.25) is 4.99 Å². The number of halogens is 1. The Bertz CT molecular complexity index is 519. The van der Waals surface area contributed by atoms with Crippen LogP contribution in [0.25, 0.3) is 0 Å². The molecule has 1 saturated carbocycles. The lowest BCUT2D eigenvalue weighted by molar-refractivity contribution is 0.0277. The highest BCUT2D eigenvalue weighted by atomic mass is 127. The van der Waals surface area contributed by atoms with Crippen molar-refractivity contribution in [2.45, 2.75) is 64.5 Å². The lowest BCUT2D eigenvalue weighted by Crippen LogP contribution is -2.37. The van der Waals surface area contributed by atoms with E-state index in [0.29, 0.717) is 25.1 Å². The quantitative estimate of drug-likeness (QED) is 0.226. The van der Waals surface area contributed by atoms with Crippen molar-refractivity contribution in [3.8, 4) is 5.88 Å². The standard InChI is InChI=1S/C20H34N4O2.HI/c1-3-13-26-19-11-10-17(15-23-19)16-24-20(21-2)22-12-7-14-25-18-8-5-4-6-9-18;/h10-11,15,18H,3-9,12-14,16H2,1-2H3,(H2,21,22,24);1H. The van der Waals surface area contributed by atoms with E-state index >= 15 is 0 Å². The molecule has 27 heavy (non-hydrogen) atoms. The van der Waals surface area contributed by atoms with E-state index in [1.54, 1.807) is 7.05 Å². The van der Waals surface area contributed by atoms with Crippen molar-refractivity contribution < 1.29 is 9.47 Å². The highest BCUT2D eigenvalue weighted by molar-refractivity contribution is 14.0. The van der Waals surface area contributed by atoms with Gasteiger partial charge in [0.15, 0.2) is 5.96 Å². The number of rotatable bonds is 10. The minimum atomic E-state index is 0. The number of aliphatic imine (C=N–C) groups is 1. The molecule has 154 valence electrons. The van der Waals surface area contributed by atoms with Crippen LogP contribution >= 0.6 is 24.0 Å². The second-order valence-corrected chi connectivity index (χ2v) is 6.69. The largest absolute Gasteiger partial charge is 0.478 e. The van der Waals surface area contributed by atoms with Gasteiger partial charge in [0.25, 0.3) is 0 Å². The minimum absolute atomic E-state index is 0. The zero-order valence-electron chi connectivity index (χ0n) is 16.7. The van der Waals surface area contributed by atoms with Gasteiger partial charge in [0.2, 0.25) is 5.88 Å². The van der Waals surface area contributed by atoms with Crippen LogP contribution in [0.1, 0.15) is 57.4 Å². The molecule has 1 fully saturated rings. The van der Waals surface area contributed by atoms with Crippen LogP contribution in [-0.2, 0) is 11.3 Å². The normalized spacial score (nSPS) is 15.1. The maximum Gasteiger partial charge on any atom is 0.213 e. The van der Waals surface area contributed by atoms with E-state index in [-0.39, 0.29) is 24.0 Å². The zero-order chi connectivity index (χ0) is 18.5. The van der Waals surface area contributed by atoms with Crippen molar-refractivity contribution in [3.05, 3.63) is 23.9 Å². The third-order valence-electron chi connectivity index (χ3n) is 4.45. The monoisotopic (exact) mass is 490 g/mol. The van der Waals surface area contributed by atoms with Gasteiger partial charge in [-0.25, -0.2) is 4.98 Å². The molecule has 0 bridgehead atoms. The molecular weight excluding hydrogens is 455 g/mol. The molecule has 6 nitrogen and oxygen atoms in total. The van der Waals surface area contributed by atoms with E-state index in [9.17, 15) is 0 Å². The summed E-state index contributed by atoms with van der Waals surface area (Å²) in [6.45, 7) is 5.14. The van der Waals surface area contributed by atoms with Crippen LogP contribution in [0.15, 0.2) is 23.3 Å². The van der Waals surface area contributed by atoms with Gasteiger partial charge in [0.05, 0.1) is 12.7 Å². The fourth-order valence-corrected chi connectivity index (χ4v) is 2.97. The third-order valence-corrected chi connectivity index (χ3v) is 4.45. The maximum atomic E-state index is 5.95. The second-order valence-electron chi connectivity index (χ2n) is 6.69. The molecule has 0 aliphatic heterocycles. The molecule has 1 aromatic rings. The number of nitrogens with zero attached hydrogens (tertiary/aromatic N) is 2. The van der Waals surface area contributed by atoms with Gasteiger partial charge < -0.3 is 20.1 Å². The molecule has 1 aliphatic rings. The molecular formula is C20H35IN4O2. The summed E-state index contributed by atoms with van der Waals surface area (Å²) in [7, 11) is 1.79. The summed E-state index contributed by atoms with van der Waals surface area (Å²) in [5.74, 6) is 1.48. The molecule has 0 atom stereocenters. The highest BCUT2D eigenvalue weighted by Crippen LogP contribution is 2.20. The van der Waals surface area contributed by atoms with Crippen LogP contribution in [0.4, 0.5) is 0 Å². The maximum absolute atomic E-state index is 5.95. The summed E-state index contributed by atoms with van der Waals surface area (Å²) in [6, 6.07) is 3.93. The number of nitrogens with one attached hydrogen (secondary N) is 2. The average molecular weight is 490 g/mol. The Hall–Kier alpha value is -1.09. The van der Waals surface area contributed by atoms with E-state index in [1.807, 2.05) is 18.3 Å². The Morgan fingerprint density at radius 3 is 2.67 bits per heavy atom. The van der Waals surface area contributed by atoms with E-state index < -0.39 is 0 Å². The van der Waals surface area contributed by atoms with Gasteiger partial charge in [-0.15, -0.1) is 24.0 Å². The van der Waals surface area contributed by atoms with Crippen LogP contribution in [-0.4, -0.2) is 43.9 Å². The van der Waals surface area contributed by atoms with Crippen LogP contribution in [0.3, 0.4) is 0 Å². The van der Waals surface area contributed by atoms with Gasteiger partial charge in [0.1, 0.15) is 0 Å². The predicted molar refractivity (Wildman–Crippen MR) is 121 cm³/mol. The Balaban J connectivity index is 0.00000364. The Kier molecular flexibility index (Phi) is 13.2. The summed E-state index contributed by atoms with van der Waals surface area (Å²) < 4.78 is 11.4. The van der Waals surface area contributed by atoms with Crippen molar-refractivity contribution in [2.75, 3.05) is 26.8 Å². The Labute approximate surface area is 180 Å². The van der Waals surface area contributed by atoms with Gasteiger partial charge in [-0.1, -0.05) is 32.3 Å². The highest BCUT2D eigenvalue weighted by Gasteiger charge is 2.12. The smallest absolute Gasteiger partial charge is 0.213 e. The Morgan fingerprint density at radius 1 is 1.19 bits per heavy atom. The molecule has 0 amide bonds. The van der Waals surface area contributed by atoms with Crippen LogP contribution in [0, 0.1) is 0 Å². The third kappa shape index (κ3) is 10.1. The van der Waals surface area contributed by atoms with Gasteiger partial charge >= 0.3 is 0 Å². The topological polar surface area (TPSA) is 67.8 Å². The van der Waals surface area contributed by atoms with Crippen LogP contribution in [0.2, 0.25) is 0 Å². The van der Waals surface area contributed by atoms with E-state index in [4.69, 9.17) is 9.47 Å². The molecule has 0 spiro atoms. The van der Waals surface area contributed by atoms with Crippen molar-refractivity contribution in [2.24, 2.45) is 4.99 Å². The number of pyridine rings is 1. The van der Waals surface area contributed by atoms with Gasteiger partial charge in [-0.05, 0) is 31.2 Å². The number of hydrogen-bond donors (Lipinski definition) is 2. The van der Waals surface area contributed by atoms with E-state index in [0.717, 1.165) is 37.5 Å². The molecule has 2 rings (SSSR count). The zero-order valence-corrected chi connectivity index (χ0v) is 19.0. The van der Waals surface area contributed by atoms with Crippen molar-refractivity contribution in [1.82, 2.24) is 15.6 Å². The molecule has 1 aliphatic carbocycles. The summed E-state index contributed by atoms with van der Waals surface area (Å²) >= 11 is 0. The number of aromatic nitrogens is 1. The lowest BCUT2D eigenvalue weighted by Gasteiger charge is -2.22. The summed E-state index contributed by atoms with van der Waals surface area (Å²) in [6.07, 6.45) is 10.8. The molecule has 0 radical (unpaired) electrons. The average Bonchev–Trinajstić information content (AvgIpc) is 2.70. The predicted octanol–water partition coefficient (Wildman–Crippen LogP) is 3.89. The van der Waals surface area contributed by atoms with E-state index in [1.165, 1.54) is 32.1 Å². The molecule has 0 saturated heterocycles. The fraction of sp³-hybridized carbons (Fsp3) is 0.700. The minimum Gasteiger partial charge on any atom is -0.478 e. The van der Waals surface area contributed by atoms with Crippen LogP contribution in [0.5, 0.6) is 5.88 Å². The molecule has 7 heteroatoms. The van der Waals surface area contributed by atoms with Crippen molar-refractivity contribution in [1.29, 1.82) is 0 Å². The SMILES string of the molecule is CCCOc1ccc(CNC(=NC)NCCCOC2CCCCC2)cn1.I. The first-order valence-electron chi connectivity index (χ1n) is 9.95.